The van der Waals surface area contributed by atoms with Gasteiger partial charge in [0, 0.05) is 11.3 Å². The minimum absolute atomic E-state index is 0.219. The van der Waals surface area contributed by atoms with Crippen molar-refractivity contribution in [3.05, 3.63) is 53.6 Å². The Morgan fingerprint density at radius 2 is 1.91 bits per heavy atom. The first-order chi connectivity index (χ1) is 10.5. The molecule has 22 heavy (non-hydrogen) atoms. The van der Waals surface area contributed by atoms with Crippen molar-refractivity contribution in [1.82, 2.24) is 0 Å². The standard InChI is InChI=1S/C17H16N2O3/c1-10-3-6-13(7-4-10)18-17(21)12-5-8-15-14(9-12)19-16(20)11(2)22-15/h3-9,11H,1-2H3,(H,18,21)(H,19,20). The van der Waals surface area contributed by atoms with Crippen molar-refractivity contribution in [2.24, 2.45) is 0 Å². The molecule has 0 fully saturated rings. The number of aryl methyl sites for hydroxylation is 1. The summed E-state index contributed by atoms with van der Waals surface area (Å²) in [5.74, 6) is 0.113. The zero-order chi connectivity index (χ0) is 15.7. The molecule has 0 saturated carbocycles. The van der Waals surface area contributed by atoms with Crippen molar-refractivity contribution in [2.75, 3.05) is 10.6 Å². The molecule has 2 aromatic rings. The Balaban J connectivity index is 1.80. The molecule has 1 atom stereocenters. The highest BCUT2D eigenvalue weighted by Gasteiger charge is 2.24. The summed E-state index contributed by atoms with van der Waals surface area (Å²) in [6, 6.07) is 12.5. The Morgan fingerprint density at radius 3 is 2.64 bits per heavy atom. The molecule has 3 rings (SSSR count). The summed E-state index contributed by atoms with van der Waals surface area (Å²) in [5, 5.41) is 5.55. The molecule has 0 bridgehead atoms. The van der Waals surface area contributed by atoms with E-state index in [2.05, 4.69) is 10.6 Å². The number of hydrogen-bond acceptors (Lipinski definition) is 3. The van der Waals surface area contributed by atoms with Gasteiger partial charge in [0.05, 0.1) is 5.69 Å². The average Bonchev–Trinajstić information content (AvgIpc) is 2.50. The molecule has 1 aliphatic rings. The summed E-state index contributed by atoms with van der Waals surface area (Å²) in [7, 11) is 0. The number of carbonyl (C=O) groups is 2. The molecule has 0 spiro atoms. The van der Waals surface area contributed by atoms with Crippen LogP contribution in [0.2, 0.25) is 0 Å². The lowest BCUT2D eigenvalue weighted by molar-refractivity contribution is -0.122. The second-order valence-corrected chi connectivity index (χ2v) is 5.28. The fraction of sp³-hybridized carbons (Fsp3) is 0.176. The Labute approximate surface area is 128 Å². The molecule has 2 amide bonds. The van der Waals surface area contributed by atoms with Crippen LogP contribution < -0.4 is 15.4 Å². The van der Waals surface area contributed by atoms with E-state index in [4.69, 9.17) is 4.74 Å². The quantitative estimate of drug-likeness (QED) is 0.895. The number of ether oxygens (including phenoxy) is 1. The molecule has 2 aromatic carbocycles. The number of hydrogen-bond donors (Lipinski definition) is 2. The summed E-state index contributed by atoms with van der Waals surface area (Å²) in [6.07, 6.45) is -0.528. The molecule has 1 heterocycles. The number of rotatable bonds is 2. The van der Waals surface area contributed by atoms with Crippen molar-refractivity contribution >= 4 is 23.2 Å². The number of carbonyl (C=O) groups excluding carboxylic acids is 2. The van der Waals surface area contributed by atoms with Crippen molar-refractivity contribution in [3.8, 4) is 5.75 Å². The van der Waals surface area contributed by atoms with Gasteiger partial charge in [-0.3, -0.25) is 9.59 Å². The lowest BCUT2D eigenvalue weighted by atomic mass is 10.1. The molecule has 5 heteroatoms. The fourth-order valence-electron chi connectivity index (χ4n) is 2.19. The molecule has 1 unspecified atom stereocenters. The van der Waals surface area contributed by atoms with Crippen molar-refractivity contribution < 1.29 is 14.3 Å². The summed E-state index contributed by atoms with van der Waals surface area (Å²) in [4.78, 5) is 23.9. The van der Waals surface area contributed by atoms with Gasteiger partial charge in [0.1, 0.15) is 5.75 Å². The molecule has 112 valence electrons. The van der Waals surface area contributed by atoms with Crippen molar-refractivity contribution in [1.29, 1.82) is 0 Å². The van der Waals surface area contributed by atoms with Gasteiger partial charge in [-0.1, -0.05) is 17.7 Å². The number of fused-ring (bicyclic) bond motifs is 1. The summed E-state index contributed by atoms with van der Waals surface area (Å²) in [6.45, 7) is 3.66. The first kappa shape index (κ1) is 14.1. The molecule has 2 N–H and O–H groups in total. The number of benzene rings is 2. The minimum Gasteiger partial charge on any atom is -0.479 e. The molecule has 5 nitrogen and oxygen atoms in total. The van der Waals surface area contributed by atoms with Gasteiger partial charge in [-0.15, -0.1) is 0 Å². The Hall–Kier alpha value is -2.82. The first-order valence-electron chi connectivity index (χ1n) is 7.02. The second-order valence-electron chi connectivity index (χ2n) is 5.28. The van der Waals surface area contributed by atoms with E-state index in [0.29, 0.717) is 17.0 Å². The Kier molecular flexibility index (Phi) is 3.55. The zero-order valence-corrected chi connectivity index (χ0v) is 12.3. The molecule has 1 aliphatic heterocycles. The predicted molar refractivity (Wildman–Crippen MR) is 84.3 cm³/mol. The van der Waals surface area contributed by atoms with Crippen LogP contribution in [-0.4, -0.2) is 17.9 Å². The smallest absolute Gasteiger partial charge is 0.265 e. The van der Waals surface area contributed by atoms with Crippen LogP contribution in [0.15, 0.2) is 42.5 Å². The number of amides is 2. The van der Waals surface area contributed by atoms with E-state index in [1.165, 1.54) is 0 Å². The van der Waals surface area contributed by atoms with Gasteiger partial charge in [0.25, 0.3) is 11.8 Å². The first-order valence-corrected chi connectivity index (χ1v) is 7.02. The second kappa shape index (κ2) is 5.52. The average molecular weight is 296 g/mol. The topological polar surface area (TPSA) is 67.4 Å². The van der Waals surface area contributed by atoms with E-state index in [0.717, 1.165) is 11.3 Å². The summed E-state index contributed by atoms with van der Waals surface area (Å²) >= 11 is 0. The van der Waals surface area contributed by atoms with E-state index in [9.17, 15) is 9.59 Å². The van der Waals surface area contributed by atoms with Crippen LogP contribution in [-0.2, 0) is 4.79 Å². The molecule has 0 aliphatic carbocycles. The molecule has 0 saturated heterocycles. The van der Waals surface area contributed by atoms with Crippen LogP contribution in [0.25, 0.3) is 0 Å². The molecule has 0 aromatic heterocycles. The van der Waals surface area contributed by atoms with E-state index in [1.54, 1.807) is 25.1 Å². The van der Waals surface area contributed by atoms with E-state index < -0.39 is 6.10 Å². The van der Waals surface area contributed by atoms with Crippen LogP contribution in [0.4, 0.5) is 11.4 Å². The van der Waals surface area contributed by atoms with Gasteiger partial charge in [-0.05, 0) is 44.2 Å². The fourth-order valence-corrected chi connectivity index (χ4v) is 2.19. The van der Waals surface area contributed by atoms with Crippen molar-refractivity contribution in [3.63, 3.8) is 0 Å². The van der Waals surface area contributed by atoms with Crippen LogP contribution in [0.1, 0.15) is 22.8 Å². The highest BCUT2D eigenvalue weighted by molar-refractivity contribution is 6.06. The SMILES string of the molecule is Cc1ccc(NC(=O)c2ccc3c(c2)NC(=O)C(C)O3)cc1. The maximum Gasteiger partial charge on any atom is 0.265 e. The minimum atomic E-state index is -0.528. The maximum absolute atomic E-state index is 12.3. The third-order valence-electron chi connectivity index (χ3n) is 3.48. The third-order valence-corrected chi connectivity index (χ3v) is 3.48. The van der Waals surface area contributed by atoms with Crippen LogP contribution in [0, 0.1) is 6.92 Å². The van der Waals surface area contributed by atoms with Gasteiger partial charge >= 0.3 is 0 Å². The maximum atomic E-state index is 12.3. The van der Waals surface area contributed by atoms with Crippen LogP contribution in [0.3, 0.4) is 0 Å². The van der Waals surface area contributed by atoms with Crippen molar-refractivity contribution in [2.45, 2.75) is 20.0 Å². The predicted octanol–water partition coefficient (Wildman–Crippen LogP) is 2.97. The van der Waals surface area contributed by atoms with Gasteiger partial charge in [-0.2, -0.15) is 0 Å². The van der Waals surface area contributed by atoms with E-state index in [-0.39, 0.29) is 11.8 Å². The Bertz CT molecular complexity index is 738. The number of nitrogens with one attached hydrogen (secondary N) is 2. The zero-order valence-electron chi connectivity index (χ0n) is 12.3. The summed E-state index contributed by atoms with van der Waals surface area (Å²) in [5.41, 5.74) is 2.82. The highest BCUT2D eigenvalue weighted by Crippen LogP contribution is 2.30. The van der Waals surface area contributed by atoms with Gasteiger partial charge in [0.15, 0.2) is 6.10 Å². The molecular formula is C17H16N2O3. The normalized spacial score (nSPS) is 16.3. The monoisotopic (exact) mass is 296 g/mol. The van der Waals surface area contributed by atoms with Crippen LogP contribution in [0.5, 0.6) is 5.75 Å². The van der Waals surface area contributed by atoms with Gasteiger partial charge in [0.2, 0.25) is 0 Å². The number of anilines is 2. The van der Waals surface area contributed by atoms with E-state index in [1.807, 2.05) is 31.2 Å². The van der Waals surface area contributed by atoms with Gasteiger partial charge < -0.3 is 15.4 Å². The van der Waals surface area contributed by atoms with Crippen LogP contribution >= 0.6 is 0 Å². The van der Waals surface area contributed by atoms with Gasteiger partial charge in [-0.25, -0.2) is 0 Å². The third kappa shape index (κ3) is 2.79. The molecule has 0 radical (unpaired) electrons. The molecular weight excluding hydrogens is 280 g/mol. The summed E-state index contributed by atoms with van der Waals surface area (Å²) < 4.78 is 5.47. The lowest BCUT2D eigenvalue weighted by Crippen LogP contribution is -2.34. The lowest BCUT2D eigenvalue weighted by Gasteiger charge is -2.23. The Morgan fingerprint density at radius 1 is 1.18 bits per heavy atom. The highest BCUT2D eigenvalue weighted by atomic mass is 16.5. The van der Waals surface area contributed by atoms with E-state index >= 15 is 0 Å². The largest absolute Gasteiger partial charge is 0.479 e.